The number of thiophene rings is 1. The summed E-state index contributed by atoms with van der Waals surface area (Å²) in [7, 11) is -3.56. The molecule has 0 aliphatic carbocycles. The van der Waals surface area contributed by atoms with E-state index in [0.29, 0.717) is 10.0 Å². The molecule has 0 aliphatic rings. The number of benzene rings is 1. The number of halogens is 2. The summed E-state index contributed by atoms with van der Waals surface area (Å²) in [5, 5.41) is 1.67. The van der Waals surface area contributed by atoms with Gasteiger partial charge in [-0.15, -0.1) is 11.3 Å². The standard InChI is InChI=1S/C11H9BrFNO2S2/c12-9-3-4-10(13)8(6-9)7-14-18(15,16)11-2-1-5-17-11/h1-6,14H,7H2. The van der Waals surface area contributed by atoms with Crippen molar-refractivity contribution in [1.29, 1.82) is 0 Å². The van der Waals surface area contributed by atoms with Crippen LogP contribution in [0.15, 0.2) is 44.4 Å². The lowest BCUT2D eigenvalue weighted by atomic mass is 10.2. The fraction of sp³-hybridized carbons (Fsp3) is 0.0909. The van der Waals surface area contributed by atoms with Crippen molar-refractivity contribution in [2.45, 2.75) is 10.8 Å². The number of sulfonamides is 1. The molecule has 0 unspecified atom stereocenters. The molecule has 0 saturated carbocycles. The summed E-state index contributed by atoms with van der Waals surface area (Å²) in [5.74, 6) is -0.438. The van der Waals surface area contributed by atoms with Crippen LogP contribution in [0.2, 0.25) is 0 Å². The van der Waals surface area contributed by atoms with Gasteiger partial charge in [0.1, 0.15) is 10.0 Å². The van der Waals surface area contributed by atoms with Crippen LogP contribution in [-0.2, 0) is 16.6 Å². The monoisotopic (exact) mass is 349 g/mol. The molecule has 2 rings (SSSR count). The molecule has 1 aromatic heterocycles. The molecular weight excluding hydrogens is 341 g/mol. The number of hydrogen-bond donors (Lipinski definition) is 1. The molecule has 7 heteroatoms. The van der Waals surface area contributed by atoms with E-state index in [2.05, 4.69) is 20.7 Å². The van der Waals surface area contributed by atoms with Gasteiger partial charge in [-0.25, -0.2) is 17.5 Å². The highest BCUT2D eigenvalue weighted by Gasteiger charge is 2.15. The maximum atomic E-state index is 13.4. The fourth-order valence-corrected chi connectivity index (χ4v) is 3.79. The van der Waals surface area contributed by atoms with Crippen molar-refractivity contribution in [3.05, 3.63) is 51.6 Å². The molecule has 0 atom stereocenters. The summed E-state index contributed by atoms with van der Waals surface area (Å²) < 4.78 is 40.4. The van der Waals surface area contributed by atoms with E-state index in [4.69, 9.17) is 0 Å². The first-order valence-electron chi connectivity index (χ1n) is 4.96. The maximum absolute atomic E-state index is 13.4. The highest BCUT2D eigenvalue weighted by molar-refractivity contribution is 9.10. The molecule has 0 aliphatic heterocycles. The van der Waals surface area contributed by atoms with E-state index >= 15 is 0 Å². The number of nitrogens with one attached hydrogen (secondary N) is 1. The predicted octanol–water partition coefficient (Wildman–Crippen LogP) is 3.13. The van der Waals surface area contributed by atoms with Crippen molar-refractivity contribution >= 4 is 37.3 Å². The zero-order valence-corrected chi connectivity index (χ0v) is 12.3. The minimum atomic E-state index is -3.56. The zero-order valence-electron chi connectivity index (χ0n) is 9.06. The Hall–Kier alpha value is -0.760. The Morgan fingerprint density at radius 1 is 1.33 bits per heavy atom. The summed E-state index contributed by atoms with van der Waals surface area (Å²) in [6, 6.07) is 7.56. The van der Waals surface area contributed by atoms with E-state index in [9.17, 15) is 12.8 Å². The van der Waals surface area contributed by atoms with Gasteiger partial charge in [0.2, 0.25) is 10.0 Å². The highest BCUT2D eigenvalue weighted by Crippen LogP contribution is 2.18. The third kappa shape index (κ3) is 3.17. The van der Waals surface area contributed by atoms with Gasteiger partial charge >= 0.3 is 0 Å². The van der Waals surface area contributed by atoms with Crippen LogP contribution in [0.5, 0.6) is 0 Å². The summed E-state index contributed by atoms with van der Waals surface area (Å²) in [6.07, 6.45) is 0. The lowest BCUT2D eigenvalue weighted by Gasteiger charge is -2.06. The predicted molar refractivity (Wildman–Crippen MR) is 72.4 cm³/mol. The molecular formula is C11H9BrFNO2S2. The topological polar surface area (TPSA) is 46.2 Å². The summed E-state index contributed by atoms with van der Waals surface area (Å²) >= 11 is 4.33. The van der Waals surface area contributed by atoms with Crippen LogP contribution >= 0.6 is 27.3 Å². The van der Waals surface area contributed by atoms with E-state index in [1.807, 2.05) is 0 Å². The Balaban J connectivity index is 2.15. The van der Waals surface area contributed by atoms with Crippen molar-refractivity contribution in [2.24, 2.45) is 0 Å². The lowest BCUT2D eigenvalue weighted by Crippen LogP contribution is -2.22. The van der Waals surface area contributed by atoms with Crippen LogP contribution in [0.4, 0.5) is 4.39 Å². The molecule has 0 radical (unpaired) electrons. The minimum Gasteiger partial charge on any atom is -0.207 e. The quantitative estimate of drug-likeness (QED) is 0.921. The molecule has 0 saturated heterocycles. The SMILES string of the molecule is O=S(=O)(NCc1cc(Br)ccc1F)c1cccs1. The van der Waals surface area contributed by atoms with Gasteiger partial charge in [-0.1, -0.05) is 22.0 Å². The number of rotatable bonds is 4. The van der Waals surface area contributed by atoms with Crippen molar-refractivity contribution in [3.63, 3.8) is 0 Å². The van der Waals surface area contributed by atoms with E-state index in [1.165, 1.54) is 12.1 Å². The summed E-state index contributed by atoms with van der Waals surface area (Å²) in [6.45, 7) is -0.0779. The van der Waals surface area contributed by atoms with Crippen LogP contribution in [-0.4, -0.2) is 8.42 Å². The van der Waals surface area contributed by atoms with Gasteiger partial charge in [-0.2, -0.15) is 0 Å². The molecule has 1 aromatic carbocycles. The Bertz CT molecular complexity index is 641. The number of hydrogen-bond acceptors (Lipinski definition) is 3. The third-order valence-electron chi connectivity index (χ3n) is 2.22. The van der Waals surface area contributed by atoms with Gasteiger partial charge in [0.15, 0.2) is 0 Å². The van der Waals surface area contributed by atoms with E-state index in [0.717, 1.165) is 11.3 Å². The van der Waals surface area contributed by atoms with Crippen molar-refractivity contribution in [3.8, 4) is 0 Å². The Morgan fingerprint density at radius 3 is 2.78 bits per heavy atom. The summed E-state index contributed by atoms with van der Waals surface area (Å²) in [5.41, 5.74) is 0.296. The minimum absolute atomic E-state index is 0.0779. The van der Waals surface area contributed by atoms with Crippen molar-refractivity contribution in [1.82, 2.24) is 4.72 Å². The molecule has 3 nitrogen and oxygen atoms in total. The average Bonchev–Trinajstić information content (AvgIpc) is 2.85. The normalized spacial score (nSPS) is 11.7. The Labute approximate surface area is 117 Å². The second kappa shape index (κ2) is 5.48. The van der Waals surface area contributed by atoms with Gasteiger partial charge in [0.25, 0.3) is 0 Å². The van der Waals surface area contributed by atoms with Crippen LogP contribution in [0.3, 0.4) is 0 Å². The van der Waals surface area contributed by atoms with Crippen LogP contribution < -0.4 is 4.72 Å². The molecule has 18 heavy (non-hydrogen) atoms. The van der Waals surface area contributed by atoms with Gasteiger partial charge < -0.3 is 0 Å². The van der Waals surface area contributed by atoms with Gasteiger partial charge in [-0.3, -0.25) is 0 Å². The second-order valence-electron chi connectivity index (χ2n) is 3.49. The average molecular weight is 350 g/mol. The maximum Gasteiger partial charge on any atom is 0.250 e. The first kappa shape index (κ1) is 13.7. The Morgan fingerprint density at radius 2 is 2.11 bits per heavy atom. The van der Waals surface area contributed by atoms with Crippen LogP contribution in [0, 0.1) is 5.82 Å². The molecule has 1 heterocycles. The van der Waals surface area contributed by atoms with E-state index in [-0.39, 0.29) is 10.8 Å². The lowest BCUT2D eigenvalue weighted by molar-refractivity contribution is 0.576. The molecule has 0 fully saturated rings. The summed E-state index contributed by atoms with van der Waals surface area (Å²) in [4.78, 5) is 0. The van der Waals surface area contributed by atoms with Crippen LogP contribution in [0.1, 0.15) is 5.56 Å². The van der Waals surface area contributed by atoms with Crippen LogP contribution in [0.25, 0.3) is 0 Å². The molecule has 1 N–H and O–H groups in total. The highest BCUT2D eigenvalue weighted by atomic mass is 79.9. The first-order chi connectivity index (χ1) is 8.49. The third-order valence-corrected chi connectivity index (χ3v) is 5.51. The molecule has 96 valence electrons. The first-order valence-corrected chi connectivity index (χ1v) is 8.12. The molecule has 0 bridgehead atoms. The van der Waals surface area contributed by atoms with Crippen molar-refractivity contribution in [2.75, 3.05) is 0 Å². The smallest absolute Gasteiger partial charge is 0.207 e. The van der Waals surface area contributed by atoms with Gasteiger partial charge in [0.05, 0.1) is 0 Å². The second-order valence-corrected chi connectivity index (χ2v) is 7.35. The molecule has 0 spiro atoms. The largest absolute Gasteiger partial charge is 0.250 e. The molecule has 2 aromatic rings. The van der Waals surface area contributed by atoms with Gasteiger partial charge in [-0.05, 0) is 29.6 Å². The van der Waals surface area contributed by atoms with E-state index in [1.54, 1.807) is 23.6 Å². The van der Waals surface area contributed by atoms with E-state index < -0.39 is 15.8 Å². The zero-order chi connectivity index (χ0) is 13.2. The molecule has 0 amide bonds. The van der Waals surface area contributed by atoms with Gasteiger partial charge in [0, 0.05) is 16.6 Å². The Kier molecular flexibility index (Phi) is 4.16. The fourth-order valence-electron chi connectivity index (χ4n) is 1.34. The van der Waals surface area contributed by atoms with Crippen molar-refractivity contribution < 1.29 is 12.8 Å².